The molecule has 0 atom stereocenters. The zero-order chi connectivity index (χ0) is 17.0. The van der Waals surface area contributed by atoms with Gasteiger partial charge in [0, 0.05) is 0 Å². The second-order valence-corrected chi connectivity index (χ2v) is 5.07. The summed E-state index contributed by atoms with van der Waals surface area (Å²) in [6.07, 6.45) is 0. The van der Waals surface area contributed by atoms with E-state index < -0.39 is 5.97 Å². The molecule has 23 heavy (non-hydrogen) atoms. The summed E-state index contributed by atoms with van der Waals surface area (Å²) in [7, 11) is 2.85. The molecular weight excluding hydrogens is 296 g/mol. The average Bonchev–Trinajstić information content (AvgIpc) is 2.56. The van der Waals surface area contributed by atoms with Crippen LogP contribution in [0.25, 0.3) is 0 Å². The van der Waals surface area contributed by atoms with E-state index in [2.05, 4.69) is 9.97 Å². The van der Waals surface area contributed by atoms with Gasteiger partial charge in [-0.3, -0.25) is 9.97 Å². The minimum absolute atomic E-state index is 0.272. The summed E-state index contributed by atoms with van der Waals surface area (Å²) >= 11 is 0. The largest absolute Gasteiger partial charge is 0.493 e. The van der Waals surface area contributed by atoms with Gasteiger partial charge in [0.15, 0.2) is 11.5 Å². The zero-order valence-electron chi connectivity index (χ0n) is 14.0. The van der Waals surface area contributed by atoms with Crippen molar-refractivity contribution in [2.45, 2.75) is 27.4 Å². The Bertz CT molecular complexity index is 729. The molecule has 0 N–H and O–H groups in total. The average molecular weight is 316 g/mol. The number of esters is 1. The summed E-state index contributed by atoms with van der Waals surface area (Å²) in [5.74, 6) is 0.563. The normalized spacial score (nSPS) is 10.3. The Kier molecular flexibility index (Phi) is 5.16. The Morgan fingerprint density at radius 3 is 2.35 bits per heavy atom. The van der Waals surface area contributed by atoms with Gasteiger partial charge in [-0.2, -0.15) is 0 Å². The van der Waals surface area contributed by atoms with E-state index in [1.807, 2.05) is 20.8 Å². The van der Waals surface area contributed by atoms with Gasteiger partial charge >= 0.3 is 5.97 Å². The van der Waals surface area contributed by atoms with E-state index in [-0.39, 0.29) is 6.61 Å². The molecule has 0 aliphatic rings. The van der Waals surface area contributed by atoms with Crippen LogP contribution in [0.2, 0.25) is 0 Å². The van der Waals surface area contributed by atoms with Gasteiger partial charge in [-0.15, -0.1) is 0 Å². The summed E-state index contributed by atoms with van der Waals surface area (Å²) in [5.41, 5.74) is 3.79. The van der Waals surface area contributed by atoms with E-state index in [9.17, 15) is 4.79 Å². The summed E-state index contributed by atoms with van der Waals surface area (Å²) in [4.78, 5) is 20.5. The van der Waals surface area contributed by atoms with E-state index in [0.717, 1.165) is 22.8 Å². The van der Waals surface area contributed by atoms with E-state index in [1.165, 1.54) is 14.2 Å². The maximum absolute atomic E-state index is 11.5. The number of rotatable bonds is 5. The number of hydrogen-bond donors (Lipinski definition) is 0. The number of carbonyl (C=O) groups excluding carboxylic acids is 1. The van der Waals surface area contributed by atoms with Crippen LogP contribution >= 0.6 is 0 Å². The molecule has 0 saturated heterocycles. The molecule has 122 valence electrons. The molecule has 0 aliphatic carbocycles. The van der Waals surface area contributed by atoms with Gasteiger partial charge in [-0.1, -0.05) is 0 Å². The van der Waals surface area contributed by atoms with Crippen molar-refractivity contribution in [2.24, 2.45) is 0 Å². The van der Waals surface area contributed by atoms with Crippen LogP contribution in [0.4, 0.5) is 0 Å². The summed E-state index contributed by atoms with van der Waals surface area (Å²) in [5, 5.41) is 0. The van der Waals surface area contributed by atoms with Crippen molar-refractivity contribution < 1.29 is 19.0 Å². The van der Waals surface area contributed by atoms with Crippen LogP contribution in [0, 0.1) is 20.8 Å². The van der Waals surface area contributed by atoms with Crippen LogP contribution < -0.4 is 9.47 Å². The highest BCUT2D eigenvalue weighted by molar-refractivity contribution is 5.90. The van der Waals surface area contributed by atoms with Gasteiger partial charge in [0.2, 0.25) is 0 Å². The van der Waals surface area contributed by atoms with Crippen molar-refractivity contribution >= 4 is 5.97 Å². The second-order valence-electron chi connectivity index (χ2n) is 5.07. The predicted octanol–water partition coefficient (Wildman–Crippen LogP) is 2.78. The van der Waals surface area contributed by atoms with Crippen molar-refractivity contribution in [3.63, 3.8) is 0 Å². The molecule has 0 spiro atoms. The third-order valence-corrected chi connectivity index (χ3v) is 3.53. The number of hydrogen-bond acceptors (Lipinski definition) is 6. The smallest absolute Gasteiger partial charge is 0.337 e. The van der Waals surface area contributed by atoms with Gasteiger partial charge in [0.1, 0.15) is 6.61 Å². The van der Waals surface area contributed by atoms with Crippen LogP contribution in [0.3, 0.4) is 0 Å². The van der Waals surface area contributed by atoms with Crippen LogP contribution in [0.1, 0.15) is 33.1 Å². The fraction of sp³-hybridized carbons (Fsp3) is 0.353. The maximum atomic E-state index is 11.5. The molecule has 0 unspecified atom stereocenters. The van der Waals surface area contributed by atoms with Crippen molar-refractivity contribution in [2.75, 3.05) is 14.2 Å². The summed E-state index contributed by atoms with van der Waals surface area (Å²) in [6, 6.07) is 4.89. The Balaban J connectivity index is 2.20. The molecule has 1 aromatic carbocycles. The lowest BCUT2D eigenvalue weighted by Crippen LogP contribution is -2.07. The molecular formula is C17H20N2O4. The third-order valence-electron chi connectivity index (χ3n) is 3.53. The van der Waals surface area contributed by atoms with Gasteiger partial charge in [0.25, 0.3) is 0 Å². The van der Waals surface area contributed by atoms with E-state index in [1.54, 1.807) is 18.2 Å². The minimum atomic E-state index is -0.425. The van der Waals surface area contributed by atoms with Gasteiger partial charge < -0.3 is 14.2 Å². The van der Waals surface area contributed by atoms with Gasteiger partial charge in [-0.05, 0) is 39.0 Å². The summed E-state index contributed by atoms with van der Waals surface area (Å²) < 4.78 is 15.7. The molecule has 0 aliphatic heterocycles. The van der Waals surface area contributed by atoms with E-state index >= 15 is 0 Å². The highest BCUT2D eigenvalue weighted by Crippen LogP contribution is 2.29. The topological polar surface area (TPSA) is 70.5 Å². The Morgan fingerprint density at radius 1 is 1.00 bits per heavy atom. The molecule has 2 aromatic rings. The molecule has 1 aromatic heterocycles. The lowest BCUT2D eigenvalue weighted by atomic mass is 10.2. The second kappa shape index (κ2) is 7.09. The standard InChI is InChI=1S/C17H20N2O4/c1-10-11(2)19-14(12(3)18-10)9-23-15-7-6-13(17(20)22-5)8-16(15)21-4/h6-8H,9H2,1-5H3. The van der Waals surface area contributed by atoms with Crippen molar-refractivity contribution in [1.29, 1.82) is 0 Å². The third kappa shape index (κ3) is 3.77. The fourth-order valence-corrected chi connectivity index (χ4v) is 2.08. The maximum Gasteiger partial charge on any atom is 0.337 e. The van der Waals surface area contributed by atoms with E-state index in [4.69, 9.17) is 14.2 Å². The number of aromatic nitrogens is 2. The van der Waals surface area contributed by atoms with Gasteiger partial charge in [0.05, 0.1) is 42.6 Å². The molecule has 1 heterocycles. The number of aryl methyl sites for hydroxylation is 3. The molecule has 0 amide bonds. The summed E-state index contributed by atoms with van der Waals surface area (Å²) in [6.45, 7) is 6.01. The lowest BCUT2D eigenvalue weighted by Gasteiger charge is -2.13. The molecule has 0 saturated carbocycles. The molecule has 0 fully saturated rings. The minimum Gasteiger partial charge on any atom is -0.493 e. The number of nitrogens with zero attached hydrogens (tertiary/aromatic N) is 2. The number of carbonyl (C=O) groups is 1. The Morgan fingerprint density at radius 2 is 1.70 bits per heavy atom. The highest BCUT2D eigenvalue weighted by Gasteiger charge is 2.13. The van der Waals surface area contributed by atoms with Crippen molar-refractivity contribution in [3.05, 3.63) is 46.5 Å². The lowest BCUT2D eigenvalue weighted by molar-refractivity contribution is 0.0600. The SMILES string of the molecule is COC(=O)c1ccc(OCc2nc(C)c(C)nc2C)c(OC)c1. The van der Waals surface area contributed by atoms with Crippen LogP contribution in [-0.4, -0.2) is 30.2 Å². The number of benzene rings is 1. The number of methoxy groups -OCH3 is 2. The van der Waals surface area contributed by atoms with E-state index in [0.29, 0.717) is 17.1 Å². The molecule has 2 rings (SSSR count). The van der Waals surface area contributed by atoms with Crippen LogP contribution in [0.15, 0.2) is 18.2 Å². The first-order chi connectivity index (χ1) is 11.0. The quantitative estimate of drug-likeness (QED) is 0.790. The van der Waals surface area contributed by atoms with Crippen LogP contribution in [-0.2, 0) is 11.3 Å². The molecule has 0 bridgehead atoms. The first-order valence-corrected chi connectivity index (χ1v) is 7.16. The molecule has 0 radical (unpaired) electrons. The monoisotopic (exact) mass is 316 g/mol. The Hall–Kier alpha value is -2.63. The fourth-order valence-electron chi connectivity index (χ4n) is 2.08. The zero-order valence-corrected chi connectivity index (χ0v) is 14.0. The molecule has 6 nitrogen and oxygen atoms in total. The Labute approximate surface area is 135 Å². The van der Waals surface area contributed by atoms with Crippen LogP contribution in [0.5, 0.6) is 11.5 Å². The van der Waals surface area contributed by atoms with Crippen molar-refractivity contribution in [1.82, 2.24) is 9.97 Å². The van der Waals surface area contributed by atoms with Crippen molar-refractivity contribution in [3.8, 4) is 11.5 Å². The number of ether oxygens (including phenoxy) is 3. The first kappa shape index (κ1) is 16.7. The first-order valence-electron chi connectivity index (χ1n) is 7.16. The predicted molar refractivity (Wildman–Crippen MR) is 84.9 cm³/mol. The molecule has 6 heteroatoms. The van der Waals surface area contributed by atoms with Gasteiger partial charge in [-0.25, -0.2) is 4.79 Å². The highest BCUT2D eigenvalue weighted by atomic mass is 16.5.